The summed E-state index contributed by atoms with van der Waals surface area (Å²) < 4.78 is 5.72. The van der Waals surface area contributed by atoms with E-state index < -0.39 is 0 Å². The Morgan fingerprint density at radius 1 is 1.42 bits per heavy atom. The van der Waals surface area contributed by atoms with Gasteiger partial charge in [-0.3, -0.25) is 4.79 Å². The van der Waals surface area contributed by atoms with Crippen molar-refractivity contribution in [2.75, 3.05) is 19.6 Å². The van der Waals surface area contributed by atoms with Crippen molar-refractivity contribution in [1.82, 2.24) is 9.88 Å². The Bertz CT molecular complexity index is 732. The Balaban J connectivity index is 1.59. The van der Waals surface area contributed by atoms with E-state index in [4.69, 9.17) is 33.4 Å². The number of hydrogen-bond acceptors (Lipinski definition) is 4. The van der Waals surface area contributed by atoms with Crippen molar-refractivity contribution in [3.8, 4) is 11.3 Å². The third-order valence-corrected chi connectivity index (χ3v) is 4.82. The molecule has 0 radical (unpaired) electrons. The number of nitrogens with two attached hydrogens (primary N) is 1. The summed E-state index contributed by atoms with van der Waals surface area (Å²) in [7, 11) is 0. The first kappa shape index (κ1) is 17.3. The van der Waals surface area contributed by atoms with E-state index in [2.05, 4.69) is 4.98 Å². The number of likely N-dealkylation sites (tertiary alicyclic amines) is 1. The Labute approximate surface area is 150 Å². The minimum Gasteiger partial charge on any atom is -0.441 e. The first-order chi connectivity index (χ1) is 11.6. The van der Waals surface area contributed by atoms with Gasteiger partial charge >= 0.3 is 0 Å². The standard InChI is InChI=1S/C17H19Cl2N3O2/c18-12-1-2-13(14(19)7-12)15-9-21-16(24-15)3-4-17(23)22-6-5-11(8-20)10-22/h1-2,7,9,11H,3-6,8,10,20H2. The van der Waals surface area contributed by atoms with E-state index in [1.807, 2.05) is 4.90 Å². The monoisotopic (exact) mass is 367 g/mol. The molecule has 2 N–H and O–H groups in total. The zero-order valence-corrected chi connectivity index (χ0v) is 14.7. The number of rotatable bonds is 5. The lowest BCUT2D eigenvalue weighted by Gasteiger charge is -2.15. The smallest absolute Gasteiger partial charge is 0.223 e. The van der Waals surface area contributed by atoms with Gasteiger partial charge < -0.3 is 15.1 Å². The summed E-state index contributed by atoms with van der Waals surface area (Å²) in [5, 5.41) is 1.07. The molecule has 1 amide bonds. The number of oxazole rings is 1. The molecule has 1 aromatic heterocycles. The molecule has 1 saturated heterocycles. The van der Waals surface area contributed by atoms with E-state index in [0.717, 1.165) is 25.1 Å². The fourth-order valence-electron chi connectivity index (χ4n) is 2.86. The lowest BCUT2D eigenvalue weighted by Crippen LogP contribution is -2.30. The van der Waals surface area contributed by atoms with Gasteiger partial charge in [0.25, 0.3) is 0 Å². The molecule has 1 atom stereocenters. The van der Waals surface area contributed by atoms with E-state index in [1.54, 1.807) is 24.4 Å². The summed E-state index contributed by atoms with van der Waals surface area (Å²) in [4.78, 5) is 18.3. The summed E-state index contributed by atoms with van der Waals surface area (Å²) in [6, 6.07) is 5.19. The molecule has 2 heterocycles. The Hall–Kier alpha value is -1.56. The van der Waals surface area contributed by atoms with Crippen molar-refractivity contribution >= 4 is 29.1 Å². The molecule has 1 unspecified atom stereocenters. The van der Waals surface area contributed by atoms with Crippen molar-refractivity contribution < 1.29 is 9.21 Å². The quantitative estimate of drug-likeness (QED) is 0.878. The first-order valence-electron chi connectivity index (χ1n) is 7.95. The van der Waals surface area contributed by atoms with Crippen molar-refractivity contribution in [3.05, 3.63) is 40.3 Å². The maximum atomic E-state index is 12.2. The Kier molecular flexibility index (Phi) is 5.43. The topological polar surface area (TPSA) is 72.4 Å². The largest absolute Gasteiger partial charge is 0.441 e. The molecule has 1 fully saturated rings. The number of nitrogens with zero attached hydrogens (tertiary/aromatic N) is 2. The molecule has 1 aliphatic heterocycles. The van der Waals surface area contributed by atoms with Gasteiger partial charge in [-0.1, -0.05) is 23.2 Å². The van der Waals surface area contributed by atoms with Crippen LogP contribution in [0.5, 0.6) is 0 Å². The molecule has 0 spiro atoms. The highest BCUT2D eigenvalue weighted by atomic mass is 35.5. The van der Waals surface area contributed by atoms with E-state index in [0.29, 0.717) is 47.0 Å². The van der Waals surface area contributed by atoms with Gasteiger partial charge in [-0.2, -0.15) is 0 Å². The van der Waals surface area contributed by atoms with Crippen molar-refractivity contribution in [2.45, 2.75) is 19.3 Å². The van der Waals surface area contributed by atoms with Crippen LogP contribution in [0.2, 0.25) is 10.0 Å². The molecule has 128 valence electrons. The first-order valence-corrected chi connectivity index (χ1v) is 8.70. The van der Waals surface area contributed by atoms with Crippen molar-refractivity contribution in [2.24, 2.45) is 11.7 Å². The molecule has 0 aliphatic carbocycles. The molecule has 7 heteroatoms. The predicted molar refractivity (Wildman–Crippen MR) is 94.0 cm³/mol. The van der Waals surface area contributed by atoms with Crippen LogP contribution in [0.4, 0.5) is 0 Å². The highest BCUT2D eigenvalue weighted by Crippen LogP contribution is 2.31. The molecule has 5 nitrogen and oxygen atoms in total. The second-order valence-corrected chi connectivity index (χ2v) is 6.82. The lowest BCUT2D eigenvalue weighted by atomic mass is 10.1. The van der Waals surface area contributed by atoms with Crippen LogP contribution < -0.4 is 5.73 Å². The van der Waals surface area contributed by atoms with Crippen LogP contribution in [-0.4, -0.2) is 35.4 Å². The van der Waals surface area contributed by atoms with Gasteiger partial charge in [0.05, 0.1) is 11.2 Å². The number of halogens is 2. The van der Waals surface area contributed by atoms with E-state index in [9.17, 15) is 4.79 Å². The van der Waals surface area contributed by atoms with Crippen LogP contribution in [0, 0.1) is 5.92 Å². The Morgan fingerprint density at radius 2 is 2.25 bits per heavy atom. The molecule has 1 aromatic carbocycles. The second-order valence-electron chi connectivity index (χ2n) is 5.97. The van der Waals surface area contributed by atoms with Crippen LogP contribution in [0.25, 0.3) is 11.3 Å². The molecular weight excluding hydrogens is 349 g/mol. The number of carbonyl (C=O) groups excluding carboxylic acids is 1. The van der Waals surface area contributed by atoms with Gasteiger partial charge in [-0.05, 0) is 37.1 Å². The van der Waals surface area contributed by atoms with Crippen LogP contribution in [-0.2, 0) is 11.2 Å². The van der Waals surface area contributed by atoms with E-state index in [1.165, 1.54) is 0 Å². The third kappa shape index (κ3) is 3.91. The summed E-state index contributed by atoms with van der Waals surface area (Å²) in [5.74, 6) is 1.65. The van der Waals surface area contributed by atoms with Gasteiger partial charge in [0, 0.05) is 36.5 Å². The molecule has 24 heavy (non-hydrogen) atoms. The number of hydrogen-bond donors (Lipinski definition) is 1. The molecule has 0 bridgehead atoms. The number of aromatic nitrogens is 1. The SMILES string of the molecule is NCC1CCN(C(=O)CCc2ncc(-c3ccc(Cl)cc3Cl)o2)C1. The molecule has 0 saturated carbocycles. The number of carbonyl (C=O) groups is 1. The molecule has 2 aromatic rings. The van der Waals surface area contributed by atoms with Crippen LogP contribution >= 0.6 is 23.2 Å². The maximum Gasteiger partial charge on any atom is 0.223 e. The van der Waals surface area contributed by atoms with Crippen LogP contribution in [0.1, 0.15) is 18.7 Å². The van der Waals surface area contributed by atoms with Gasteiger partial charge in [0.2, 0.25) is 5.91 Å². The van der Waals surface area contributed by atoms with Crippen molar-refractivity contribution in [3.63, 3.8) is 0 Å². The molecule has 1 aliphatic rings. The average Bonchev–Trinajstić information content (AvgIpc) is 3.22. The molecular formula is C17H19Cl2N3O2. The van der Waals surface area contributed by atoms with Gasteiger partial charge in [-0.25, -0.2) is 4.98 Å². The second kappa shape index (κ2) is 7.55. The minimum absolute atomic E-state index is 0.121. The fourth-order valence-corrected chi connectivity index (χ4v) is 3.36. The third-order valence-electron chi connectivity index (χ3n) is 4.27. The van der Waals surface area contributed by atoms with Crippen LogP contribution in [0.15, 0.2) is 28.8 Å². The van der Waals surface area contributed by atoms with Gasteiger partial charge in [0.1, 0.15) is 0 Å². The number of benzene rings is 1. The summed E-state index contributed by atoms with van der Waals surface area (Å²) in [5.41, 5.74) is 6.39. The van der Waals surface area contributed by atoms with Crippen molar-refractivity contribution in [1.29, 1.82) is 0 Å². The molecule has 3 rings (SSSR count). The number of aryl methyl sites for hydroxylation is 1. The highest BCUT2D eigenvalue weighted by molar-refractivity contribution is 6.36. The summed E-state index contributed by atoms with van der Waals surface area (Å²) in [6.07, 6.45) is 3.45. The normalized spacial score (nSPS) is 17.5. The lowest BCUT2D eigenvalue weighted by molar-refractivity contribution is -0.130. The minimum atomic E-state index is 0.121. The zero-order chi connectivity index (χ0) is 17.1. The summed E-state index contributed by atoms with van der Waals surface area (Å²) in [6.45, 7) is 2.18. The Morgan fingerprint density at radius 3 is 2.96 bits per heavy atom. The average molecular weight is 368 g/mol. The van der Waals surface area contributed by atoms with Gasteiger partial charge in [-0.15, -0.1) is 0 Å². The number of amides is 1. The van der Waals surface area contributed by atoms with Crippen LogP contribution in [0.3, 0.4) is 0 Å². The van der Waals surface area contributed by atoms with Gasteiger partial charge in [0.15, 0.2) is 11.7 Å². The highest BCUT2D eigenvalue weighted by Gasteiger charge is 2.25. The fraction of sp³-hybridized carbons (Fsp3) is 0.412. The predicted octanol–water partition coefficient (Wildman–Crippen LogP) is 3.39. The summed E-state index contributed by atoms with van der Waals surface area (Å²) >= 11 is 12.1. The van der Waals surface area contributed by atoms with E-state index >= 15 is 0 Å². The van der Waals surface area contributed by atoms with E-state index in [-0.39, 0.29) is 5.91 Å². The zero-order valence-electron chi connectivity index (χ0n) is 13.2. The maximum absolute atomic E-state index is 12.2.